The van der Waals surface area contributed by atoms with E-state index in [0.29, 0.717) is 16.5 Å². The molecule has 0 amide bonds. The summed E-state index contributed by atoms with van der Waals surface area (Å²) >= 11 is 6.12. The number of carboxylic acids is 1. The van der Waals surface area contributed by atoms with Crippen molar-refractivity contribution in [2.45, 2.75) is 13.8 Å². The number of halogens is 1. The molecular formula is C17H15ClO3. The van der Waals surface area contributed by atoms with E-state index in [1.165, 1.54) is 6.08 Å². The summed E-state index contributed by atoms with van der Waals surface area (Å²) in [6, 6.07) is 11.1. The molecule has 108 valence electrons. The van der Waals surface area contributed by atoms with Crippen LogP contribution < -0.4 is 4.74 Å². The zero-order valence-electron chi connectivity index (χ0n) is 11.8. The van der Waals surface area contributed by atoms with Crippen molar-refractivity contribution in [2.24, 2.45) is 0 Å². The quantitative estimate of drug-likeness (QED) is 0.821. The van der Waals surface area contributed by atoms with E-state index in [1.807, 2.05) is 38.1 Å². The molecule has 21 heavy (non-hydrogen) atoms. The van der Waals surface area contributed by atoms with Gasteiger partial charge in [-0.2, -0.15) is 0 Å². The first kappa shape index (κ1) is 15.1. The number of aliphatic carboxylic acids is 1. The van der Waals surface area contributed by atoms with Crippen LogP contribution in [0.4, 0.5) is 0 Å². The Morgan fingerprint density at radius 3 is 2.62 bits per heavy atom. The van der Waals surface area contributed by atoms with E-state index in [2.05, 4.69) is 0 Å². The first-order valence-corrected chi connectivity index (χ1v) is 6.79. The third-order valence-corrected chi connectivity index (χ3v) is 3.25. The van der Waals surface area contributed by atoms with E-state index >= 15 is 0 Å². The van der Waals surface area contributed by atoms with Gasteiger partial charge in [-0.05, 0) is 54.8 Å². The molecule has 0 aliphatic rings. The Labute approximate surface area is 128 Å². The van der Waals surface area contributed by atoms with Gasteiger partial charge in [-0.3, -0.25) is 0 Å². The number of ether oxygens (including phenoxy) is 1. The topological polar surface area (TPSA) is 46.5 Å². The van der Waals surface area contributed by atoms with Crippen molar-refractivity contribution in [1.29, 1.82) is 0 Å². The molecule has 0 spiro atoms. The molecule has 0 aliphatic heterocycles. The Balaban J connectivity index is 2.33. The fourth-order valence-electron chi connectivity index (χ4n) is 1.81. The average molecular weight is 303 g/mol. The SMILES string of the molecule is Cc1ccc(Cl)c(Oc2cc(/C=C/C(=O)O)ccc2C)c1. The lowest BCUT2D eigenvalue weighted by Gasteiger charge is -2.11. The number of hydrogen-bond donors (Lipinski definition) is 1. The van der Waals surface area contributed by atoms with Crippen molar-refractivity contribution in [3.63, 3.8) is 0 Å². The number of hydrogen-bond acceptors (Lipinski definition) is 2. The lowest BCUT2D eigenvalue weighted by atomic mass is 10.1. The van der Waals surface area contributed by atoms with Gasteiger partial charge in [0.1, 0.15) is 11.5 Å². The molecule has 0 aromatic heterocycles. The van der Waals surface area contributed by atoms with Crippen LogP contribution in [0.2, 0.25) is 5.02 Å². The van der Waals surface area contributed by atoms with E-state index in [9.17, 15) is 4.79 Å². The second-order valence-corrected chi connectivity index (χ2v) is 5.14. The molecule has 0 saturated heterocycles. The van der Waals surface area contributed by atoms with Crippen molar-refractivity contribution in [1.82, 2.24) is 0 Å². The lowest BCUT2D eigenvalue weighted by Crippen LogP contribution is -1.91. The molecule has 2 aromatic rings. The molecule has 0 bridgehead atoms. The van der Waals surface area contributed by atoms with Crippen LogP contribution >= 0.6 is 11.6 Å². The second kappa shape index (κ2) is 6.46. The normalized spacial score (nSPS) is 10.8. The van der Waals surface area contributed by atoms with E-state index in [1.54, 1.807) is 12.1 Å². The maximum absolute atomic E-state index is 10.6. The summed E-state index contributed by atoms with van der Waals surface area (Å²) in [5, 5.41) is 9.20. The van der Waals surface area contributed by atoms with Crippen molar-refractivity contribution in [3.05, 3.63) is 64.2 Å². The van der Waals surface area contributed by atoms with Crippen LogP contribution in [-0.4, -0.2) is 11.1 Å². The Bertz CT molecular complexity index is 705. The summed E-state index contributed by atoms with van der Waals surface area (Å²) in [7, 11) is 0. The third-order valence-electron chi connectivity index (χ3n) is 2.94. The van der Waals surface area contributed by atoms with Gasteiger partial charge in [0, 0.05) is 6.08 Å². The lowest BCUT2D eigenvalue weighted by molar-refractivity contribution is -0.131. The fraction of sp³-hybridized carbons (Fsp3) is 0.118. The number of benzene rings is 2. The van der Waals surface area contributed by atoms with Crippen molar-refractivity contribution >= 4 is 23.6 Å². The van der Waals surface area contributed by atoms with Crippen LogP contribution in [0.25, 0.3) is 6.08 Å². The highest BCUT2D eigenvalue weighted by molar-refractivity contribution is 6.32. The van der Waals surface area contributed by atoms with Gasteiger partial charge < -0.3 is 9.84 Å². The monoisotopic (exact) mass is 302 g/mol. The molecule has 0 radical (unpaired) electrons. The van der Waals surface area contributed by atoms with Crippen molar-refractivity contribution in [3.8, 4) is 11.5 Å². The van der Waals surface area contributed by atoms with Gasteiger partial charge in [0.2, 0.25) is 0 Å². The van der Waals surface area contributed by atoms with Crippen LogP contribution in [0.15, 0.2) is 42.5 Å². The molecule has 4 heteroatoms. The number of aryl methyl sites for hydroxylation is 2. The van der Waals surface area contributed by atoms with Crippen molar-refractivity contribution < 1.29 is 14.6 Å². The van der Waals surface area contributed by atoms with Gasteiger partial charge in [0.05, 0.1) is 5.02 Å². The summed E-state index contributed by atoms with van der Waals surface area (Å²) in [6.45, 7) is 3.88. The minimum Gasteiger partial charge on any atom is -0.478 e. The highest BCUT2D eigenvalue weighted by Crippen LogP contribution is 2.32. The number of carbonyl (C=O) groups is 1. The molecule has 1 N–H and O–H groups in total. The van der Waals surface area contributed by atoms with Crippen LogP contribution in [0.3, 0.4) is 0 Å². The summed E-state index contributed by atoms with van der Waals surface area (Å²) in [6.07, 6.45) is 2.61. The van der Waals surface area contributed by atoms with Gasteiger partial charge in [-0.1, -0.05) is 29.8 Å². The van der Waals surface area contributed by atoms with Gasteiger partial charge in [0.25, 0.3) is 0 Å². The first-order valence-electron chi connectivity index (χ1n) is 6.41. The number of rotatable bonds is 4. The molecule has 3 nitrogen and oxygen atoms in total. The second-order valence-electron chi connectivity index (χ2n) is 4.73. The fourth-order valence-corrected chi connectivity index (χ4v) is 1.96. The van der Waals surface area contributed by atoms with Crippen molar-refractivity contribution in [2.75, 3.05) is 0 Å². The predicted molar refractivity (Wildman–Crippen MR) is 84.1 cm³/mol. The summed E-state index contributed by atoms with van der Waals surface area (Å²) in [5.41, 5.74) is 2.75. The summed E-state index contributed by atoms with van der Waals surface area (Å²) in [5.74, 6) is 0.244. The molecule has 0 saturated carbocycles. The Morgan fingerprint density at radius 1 is 1.14 bits per heavy atom. The standard InChI is InChI=1S/C17H15ClO3/c1-11-3-7-14(18)16(9-11)21-15-10-13(5-4-12(15)2)6-8-17(19)20/h3-10H,1-2H3,(H,19,20)/b8-6+. The third kappa shape index (κ3) is 4.10. The van der Waals surface area contributed by atoms with E-state index in [-0.39, 0.29) is 0 Å². The molecule has 0 aliphatic carbocycles. The zero-order chi connectivity index (χ0) is 15.4. The van der Waals surface area contributed by atoms with E-state index in [4.69, 9.17) is 21.4 Å². The van der Waals surface area contributed by atoms with Crippen LogP contribution in [0.1, 0.15) is 16.7 Å². The smallest absolute Gasteiger partial charge is 0.328 e. The minimum atomic E-state index is -0.986. The highest BCUT2D eigenvalue weighted by atomic mass is 35.5. The van der Waals surface area contributed by atoms with E-state index in [0.717, 1.165) is 22.8 Å². The highest BCUT2D eigenvalue weighted by Gasteiger charge is 2.06. The summed E-state index contributed by atoms with van der Waals surface area (Å²) in [4.78, 5) is 10.6. The molecule has 0 fully saturated rings. The van der Waals surface area contributed by atoms with Crippen LogP contribution in [-0.2, 0) is 4.79 Å². The van der Waals surface area contributed by atoms with Crippen LogP contribution in [0.5, 0.6) is 11.5 Å². The Kier molecular flexibility index (Phi) is 4.66. The van der Waals surface area contributed by atoms with Crippen LogP contribution in [0, 0.1) is 13.8 Å². The Morgan fingerprint density at radius 2 is 1.90 bits per heavy atom. The van der Waals surface area contributed by atoms with Gasteiger partial charge in [-0.25, -0.2) is 4.79 Å². The molecule has 0 unspecified atom stereocenters. The van der Waals surface area contributed by atoms with E-state index < -0.39 is 5.97 Å². The van der Waals surface area contributed by atoms with Gasteiger partial charge >= 0.3 is 5.97 Å². The Hall–Kier alpha value is -2.26. The first-order chi connectivity index (χ1) is 9.95. The zero-order valence-corrected chi connectivity index (χ0v) is 12.5. The molecular weight excluding hydrogens is 288 g/mol. The van der Waals surface area contributed by atoms with Gasteiger partial charge in [-0.15, -0.1) is 0 Å². The predicted octanol–water partition coefficient (Wildman–Crippen LogP) is 4.85. The summed E-state index contributed by atoms with van der Waals surface area (Å²) < 4.78 is 5.85. The molecule has 0 atom stereocenters. The molecule has 2 rings (SSSR count). The average Bonchev–Trinajstić information content (AvgIpc) is 2.43. The largest absolute Gasteiger partial charge is 0.478 e. The number of carboxylic acid groups (broad SMARTS) is 1. The molecule has 0 heterocycles. The van der Waals surface area contributed by atoms with Gasteiger partial charge in [0.15, 0.2) is 0 Å². The maximum Gasteiger partial charge on any atom is 0.328 e. The maximum atomic E-state index is 10.6. The molecule has 2 aromatic carbocycles. The minimum absolute atomic E-state index is 0.534.